The second-order valence-corrected chi connectivity index (χ2v) is 7.75. The number of hydrogen-bond donors (Lipinski definition) is 2. The Kier molecular flexibility index (Phi) is 7.57. The number of amides is 4. The van der Waals surface area contributed by atoms with Gasteiger partial charge in [0.2, 0.25) is 5.91 Å². The third kappa shape index (κ3) is 5.05. The molecule has 0 unspecified atom stereocenters. The second kappa shape index (κ2) is 10.3. The van der Waals surface area contributed by atoms with Crippen molar-refractivity contribution in [2.75, 3.05) is 33.4 Å². The number of benzene rings is 1. The maximum absolute atomic E-state index is 12.5. The van der Waals surface area contributed by atoms with Crippen LogP contribution < -0.4 is 10.6 Å². The molecule has 0 atom stereocenters. The summed E-state index contributed by atoms with van der Waals surface area (Å²) in [6.07, 6.45) is 5.81. The molecule has 0 bridgehead atoms. The molecule has 1 saturated carbocycles. The normalized spacial score (nSPS) is 16.5. The molecule has 0 radical (unpaired) electrons. The Morgan fingerprint density at radius 1 is 1.03 bits per heavy atom. The third-order valence-corrected chi connectivity index (χ3v) is 5.65. The second-order valence-electron chi connectivity index (χ2n) is 7.75. The Morgan fingerprint density at radius 2 is 1.73 bits per heavy atom. The lowest BCUT2D eigenvalue weighted by Crippen LogP contribution is -2.38. The first-order chi connectivity index (χ1) is 14.5. The van der Waals surface area contributed by atoms with Crippen LogP contribution in [0.2, 0.25) is 0 Å². The fraction of sp³-hybridized carbons (Fsp3) is 0.545. The lowest BCUT2D eigenvalue weighted by atomic mass is 9.89. The lowest BCUT2D eigenvalue weighted by molar-refractivity contribution is -0.125. The zero-order valence-corrected chi connectivity index (χ0v) is 17.4. The van der Waals surface area contributed by atoms with Crippen LogP contribution in [0.3, 0.4) is 0 Å². The highest BCUT2D eigenvalue weighted by molar-refractivity contribution is 6.22. The maximum atomic E-state index is 12.5. The molecule has 8 nitrogen and oxygen atoms in total. The molecule has 0 saturated heterocycles. The molecule has 3 rings (SSSR count). The van der Waals surface area contributed by atoms with Crippen LogP contribution in [0, 0.1) is 5.92 Å². The fourth-order valence-corrected chi connectivity index (χ4v) is 3.97. The monoisotopic (exact) mass is 415 g/mol. The van der Waals surface area contributed by atoms with Gasteiger partial charge in [-0.05, 0) is 37.5 Å². The van der Waals surface area contributed by atoms with Crippen molar-refractivity contribution in [3.8, 4) is 0 Å². The summed E-state index contributed by atoms with van der Waals surface area (Å²) in [6, 6.07) is 4.52. The molecule has 1 aromatic rings. The fourth-order valence-electron chi connectivity index (χ4n) is 3.97. The van der Waals surface area contributed by atoms with Crippen LogP contribution in [0.25, 0.3) is 0 Å². The van der Waals surface area contributed by atoms with Crippen LogP contribution in [-0.4, -0.2) is 61.9 Å². The van der Waals surface area contributed by atoms with E-state index in [1.165, 1.54) is 23.5 Å². The van der Waals surface area contributed by atoms with Gasteiger partial charge in [-0.25, -0.2) is 0 Å². The quantitative estimate of drug-likeness (QED) is 0.472. The van der Waals surface area contributed by atoms with Gasteiger partial charge in [-0.2, -0.15) is 0 Å². The molecule has 4 amide bonds. The molecule has 30 heavy (non-hydrogen) atoms. The average Bonchev–Trinajstić information content (AvgIpc) is 3.01. The number of ether oxygens (including phenoxy) is 1. The summed E-state index contributed by atoms with van der Waals surface area (Å²) in [6.45, 7) is 1.39. The van der Waals surface area contributed by atoms with Crippen molar-refractivity contribution in [2.45, 2.75) is 38.5 Å². The molecule has 1 aliphatic carbocycles. The first kappa shape index (κ1) is 22.0. The minimum atomic E-state index is -0.388. The number of nitrogens with zero attached hydrogens (tertiary/aromatic N) is 1. The average molecular weight is 415 g/mol. The van der Waals surface area contributed by atoms with E-state index in [0.717, 1.165) is 25.7 Å². The molecule has 1 aliphatic heterocycles. The first-order valence-corrected chi connectivity index (χ1v) is 10.6. The van der Waals surface area contributed by atoms with Crippen molar-refractivity contribution < 1.29 is 23.9 Å². The topological polar surface area (TPSA) is 105 Å². The van der Waals surface area contributed by atoms with Crippen molar-refractivity contribution in [1.82, 2.24) is 15.5 Å². The maximum Gasteiger partial charge on any atom is 0.261 e. The zero-order chi connectivity index (χ0) is 21.5. The standard InChI is InChI=1S/C22H29N3O5/c1-30-13-5-12-25-21(28)17-9-8-16(14-18(17)22(25)29)20(27)24-11-10-23-19(26)15-6-3-2-4-7-15/h8-9,14-15H,2-7,10-13H2,1H3,(H,23,26)(H,24,27). The molecule has 1 aromatic carbocycles. The van der Waals surface area contributed by atoms with E-state index in [1.54, 1.807) is 13.2 Å². The van der Waals surface area contributed by atoms with Crippen LogP contribution in [0.1, 0.15) is 69.6 Å². The Bertz CT molecular complexity index is 817. The Balaban J connectivity index is 1.50. The van der Waals surface area contributed by atoms with E-state index in [2.05, 4.69) is 10.6 Å². The van der Waals surface area contributed by atoms with Gasteiger partial charge in [0.15, 0.2) is 0 Å². The summed E-state index contributed by atoms with van der Waals surface area (Å²) in [5.41, 5.74) is 0.872. The van der Waals surface area contributed by atoms with Gasteiger partial charge in [0.05, 0.1) is 11.1 Å². The number of hydrogen-bond acceptors (Lipinski definition) is 5. The summed E-state index contributed by atoms with van der Waals surface area (Å²) < 4.78 is 4.97. The Morgan fingerprint density at radius 3 is 2.47 bits per heavy atom. The minimum Gasteiger partial charge on any atom is -0.385 e. The predicted octanol–water partition coefficient (Wildman–Crippen LogP) is 1.75. The summed E-state index contributed by atoms with van der Waals surface area (Å²) in [7, 11) is 1.56. The van der Waals surface area contributed by atoms with E-state index in [4.69, 9.17) is 4.74 Å². The van der Waals surface area contributed by atoms with Crippen molar-refractivity contribution >= 4 is 23.6 Å². The highest BCUT2D eigenvalue weighted by Gasteiger charge is 2.35. The molecule has 1 fully saturated rings. The highest BCUT2D eigenvalue weighted by atomic mass is 16.5. The minimum absolute atomic E-state index is 0.0548. The van der Waals surface area contributed by atoms with Crippen LogP contribution in [0.15, 0.2) is 18.2 Å². The van der Waals surface area contributed by atoms with Crippen LogP contribution in [-0.2, 0) is 9.53 Å². The van der Waals surface area contributed by atoms with Crippen molar-refractivity contribution in [3.05, 3.63) is 34.9 Å². The highest BCUT2D eigenvalue weighted by Crippen LogP contribution is 2.25. The van der Waals surface area contributed by atoms with E-state index >= 15 is 0 Å². The number of imide groups is 1. The van der Waals surface area contributed by atoms with Gasteiger partial charge in [-0.3, -0.25) is 24.1 Å². The Hall–Kier alpha value is -2.74. The smallest absolute Gasteiger partial charge is 0.261 e. The van der Waals surface area contributed by atoms with E-state index < -0.39 is 0 Å². The van der Waals surface area contributed by atoms with Gasteiger partial charge in [-0.15, -0.1) is 0 Å². The van der Waals surface area contributed by atoms with Crippen molar-refractivity contribution in [2.24, 2.45) is 5.92 Å². The van der Waals surface area contributed by atoms with Gasteiger partial charge in [0.25, 0.3) is 17.7 Å². The van der Waals surface area contributed by atoms with Gasteiger partial charge in [0, 0.05) is 44.8 Å². The summed E-state index contributed by atoms with van der Waals surface area (Å²) in [5, 5.41) is 5.62. The summed E-state index contributed by atoms with van der Waals surface area (Å²) in [4.78, 5) is 50.7. The molecule has 8 heteroatoms. The molecular formula is C22H29N3O5. The lowest BCUT2D eigenvalue weighted by Gasteiger charge is -2.20. The van der Waals surface area contributed by atoms with Crippen LogP contribution in [0.4, 0.5) is 0 Å². The largest absolute Gasteiger partial charge is 0.385 e. The molecule has 0 aromatic heterocycles. The van der Waals surface area contributed by atoms with E-state index in [-0.39, 0.29) is 41.7 Å². The predicted molar refractivity (Wildman–Crippen MR) is 110 cm³/mol. The first-order valence-electron chi connectivity index (χ1n) is 10.6. The Labute approximate surface area is 176 Å². The molecule has 2 N–H and O–H groups in total. The number of nitrogens with one attached hydrogen (secondary N) is 2. The zero-order valence-electron chi connectivity index (χ0n) is 17.4. The summed E-state index contributed by atoms with van der Waals surface area (Å²) in [5.74, 6) is -0.938. The number of carbonyl (C=O) groups is 4. The number of rotatable bonds is 9. The molecular weight excluding hydrogens is 386 g/mol. The van der Waals surface area contributed by atoms with Gasteiger partial charge in [0.1, 0.15) is 0 Å². The van der Waals surface area contributed by atoms with E-state index in [0.29, 0.717) is 37.2 Å². The van der Waals surface area contributed by atoms with E-state index in [9.17, 15) is 19.2 Å². The van der Waals surface area contributed by atoms with Crippen LogP contribution >= 0.6 is 0 Å². The molecule has 0 spiro atoms. The van der Waals surface area contributed by atoms with Gasteiger partial charge >= 0.3 is 0 Å². The molecule has 2 aliphatic rings. The van der Waals surface area contributed by atoms with Gasteiger partial charge in [-0.1, -0.05) is 19.3 Å². The van der Waals surface area contributed by atoms with Gasteiger partial charge < -0.3 is 15.4 Å². The van der Waals surface area contributed by atoms with Crippen molar-refractivity contribution in [1.29, 1.82) is 0 Å². The number of carbonyl (C=O) groups excluding carboxylic acids is 4. The van der Waals surface area contributed by atoms with Crippen molar-refractivity contribution in [3.63, 3.8) is 0 Å². The molecule has 1 heterocycles. The van der Waals surface area contributed by atoms with Crippen LogP contribution in [0.5, 0.6) is 0 Å². The third-order valence-electron chi connectivity index (χ3n) is 5.65. The SMILES string of the molecule is COCCCN1C(=O)c2ccc(C(=O)NCCNC(=O)C3CCCCC3)cc2C1=O. The summed E-state index contributed by atoms with van der Waals surface area (Å²) >= 11 is 0. The number of fused-ring (bicyclic) bond motifs is 1. The molecule has 162 valence electrons. The van der Waals surface area contributed by atoms with E-state index in [1.807, 2.05) is 0 Å². The number of methoxy groups -OCH3 is 1.